The van der Waals surface area contributed by atoms with Crippen molar-refractivity contribution in [3.8, 4) is 0 Å². The number of hydrogen-bond donors (Lipinski definition) is 1. The second kappa shape index (κ2) is 7.18. The van der Waals surface area contributed by atoms with Crippen LogP contribution in [0.25, 0.3) is 0 Å². The minimum atomic E-state index is -2.97. The summed E-state index contributed by atoms with van der Waals surface area (Å²) < 4.78 is 0. The van der Waals surface area contributed by atoms with Crippen LogP contribution in [0.15, 0.2) is 0 Å². The van der Waals surface area contributed by atoms with Gasteiger partial charge in [0.1, 0.15) is 5.60 Å². The Bertz CT molecular complexity index is 234. The third-order valence-corrected chi connectivity index (χ3v) is 1.25. The van der Waals surface area contributed by atoms with Gasteiger partial charge in [-0.1, -0.05) is 0 Å². The van der Waals surface area contributed by atoms with Crippen LogP contribution >= 0.6 is 0 Å². The fraction of sp³-hybridized carbons (Fsp3) is 0.500. The Labute approximate surface area is 94.3 Å². The number of rotatable bonds is 5. The molecule has 0 aromatic carbocycles. The molecule has 3 N–H and O–H groups in total. The Morgan fingerprint density at radius 2 is 1.27 bits per heavy atom. The van der Waals surface area contributed by atoms with Crippen molar-refractivity contribution in [1.82, 2.24) is 0 Å². The van der Waals surface area contributed by atoms with Crippen LogP contribution in [-0.4, -0.2) is 34.1 Å². The molecular weight excluding hydrogens is 264 g/mol. The summed E-state index contributed by atoms with van der Waals surface area (Å²) in [7, 11) is 0. The summed E-state index contributed by atoms with van der Waals surface area (Å²) in [5.74, 6) is -5.98. The second-order valence-electron chi connectivity index (χ2n) is 2.42. The maximum atomic E-state index is 10.1. The molecule has 0 aliphatic rings. The molecule has 0 amide bonds. The van der Waals surface area contributed by atoms with E-state index in [0.29, 0.717) is 0 Å². The quantitative estimate of drug-likeness (QED) is 0.484. The first-order valence-electron chi connectivity index (χ1n) is 3.11. The van der Waals surface area contributed by atoms with E-state index in [1.165, 1.54) is 0 Å². The van der Waals surface area contributed by atoms with Crippen molar-refractivity contribution in [2.24, 2.45) is 0 Å². The predicted octanol–water partition coefficient (Wildman–Crippen LogP) is -6.08. The van der Waals surface area contributed by atoms with Crippen LogP contribution in [0, 0.1) is 0 Å². The van der Waals surface area contributed by atoms with E-state index in [-0.39, 0.29) is 22.5 Å². The fourth-order valence-corrected chi connectivity index (χ4v) is 0.684. The first-order valence-corrected chi connectivity index (χ1v) is 3.11. The Morgan fingerprint density at radius 3 is 1.40 bits per heavy atom. The molecule has 0 saturated carbocycles. The van der Waals surface area contributed by atoms with Gasteiger partial charge in [-0.2, -0.15) is 0 Å². The van der Waals surface area contributed by atoms with Crippen LogP contribution in [0.1, 0.15) is 12.8 Å². The van der Waals surface area contributed by atoms with Crippen LogP contribution in [0.4, 0.5) is 0 Å². The van der Waals surface area contributed by atoms with Crippen LogP contribution in [0.3, 0.4) is 0 Å². The van der Waals surface area contributed by atoms with Crippen LogP contribution < -0.4 is 15.3 Å². The van der Waals surface area contributed by atoms with E-state index in [1.54, 1.807) is 0 Å². The van der Waals surface area contributed by atoms with Crippen molar-refractivity contribution >= 4 is 17.9 Å². The van der Waals surface area contributed by atoms with Gasteiger partial charge in [-0.3, -0.25) is 0 Å². The van der Waals surface area contributed by atoms with E-state index in [4.69, 9.17) is 5.11 Å². The molecule has 0 aromatic heterocycles. The maximum Gasteiger partial charge on any atom is 3.00 e. The molecule has 0 heterocycles. The normalized spacial score (nSPS) is 9.40. The van der Waals surface area contributed by atoms with Gasteiger partial charge in [0.15, 0.2) is 0 Å². The molecule has 0 atom stereocenters. The van der Waals surface area contributed by atoms with Crippen molar-refractivity contribution in [2.45, 2.75) is 18.4 Å². The van der Waals surface area contributed by atoms with E-state index in [0.717, 1.165) is 0 Å². The third kappa shape index (κ3) is 6.86. The topological polar surface area (TPSA) is 172 Å². The largest absolute Gasteiger partial charge is 3.00 e. The number of carboxylic acids is 3. The fourth-order valence-electron chi connectivity index (χ4n) is 0.684. The van der Waals surface area contributed by atoms with Crippen molar-refractivity contribution < 1.29 is 57.4 Å². The summed E-state index contributed by atoms with van der Waals surface area (Å²) in [6, 6.07) is 0. The van der Waals surface area contributed by atoms with E-state index in [2.05, 4.69) is 0 Å². The van der Waals surface area contributed by atoms with Gasteiger partial charge in [-0.05, 0) is 0 Å². The zero-order valence-electron chi connectivity index (χ0n) is 7.11. The van der Waals surface area contributed by atoms with Gasteiger partial charge >= 0.3 is 17.1 Å². The Hall–Kier alpha value is -1.15. The minimum absolute atomic E-state index is 0. The molecule has 0 aliphatic carbocycles. The molecule has 0 fully saturated rings. The number of carboxylic acid groups (broad SMARTS) is 3. The van der Waals surface area contributed by atoms with Gasteiger partial charge in [0, 0.05) is 24.8 Å². The Morgan fingerprint density at radius 1 is 1.00 bits per heavy atom. The number of carbonyl (C=O) groups excluding carboxylic acids is 3. The van der Waals surface area contributed by atoms with Crippen LogP contribution in [0.2, 0.25) is 0 Å². The molecule has 0 aromatic rings. The maximum absolute atomic E-state index is 10.1. The summed E-state index contributed by atoms with van der Waals surface area (Å²) in [6.07, 6.45) is -2.72. The molecule has 0 radical (unpaired) electrons. The number of aliphatic carboxylic acids is 3. The monoisotopic (exact) mass is 270 g/mol. The van der Waals surface area contributed by atoms with Gasteiger partial charge < -0.3 is 40.3 Å². The Balaban J connectivity index is -0.000000720. The van der Waals surface area contributed by atoms with Gasteiger partial charge in [-0.25, -0.2) is 0 Å². The molecule has 0 rings (SSSR count). The summed E-state index contributed by atoms with van der Waals surface area (Å²) in [4.78, 5) is 30.0. The smallest absolute Gasteiger partial charge is 0.550 e. The van der Waals surface area contributed by atoms with Crippen molar-refractivity contribution in [3.05, 3.63) is 0 Å². The van der Waals surface area contributed by atoms with Gasteiger partial charge in [-0.15, -0.1) is 0 Å². The molecule has 0 unspecified atom stereocenters. The van der Waals surface area contributed by atoms with E-state index < -0.39 is 36.4 Å². The zero-order valence-corrected chi connectivity index (χ0v) is 8.05. The molecule has 9 heteroatoms. The zero-order chi connectivity index (χ0) is 10.6. The van der Waals surface area contributed by atoms with E-state index in [1.807, 2.05) is 0 Å². The number of carbonyl (C=O) groups is 3. The van der Waals surface area contributed by atoms with Crippen molar-refractivity contribution in [3.63, 3.8) is 0 Å². The minimum Gasteiger partial charge on any atom is -0.550 e. The summed E-state index contributed by atoms with van der Waals surface area (Å²) in [5, 5.41) is 38.9. The molecule has 8 nitrogen and oxygen atoms in total. The van der Waals surface area contributed by atoms with Crippen LogP contribution in [0.5, 0.6) is 0 Å². The Kier molecular flexibility index (Phi) is 9.30. The molecule has 90 valence electrons. The first kappa shape index (κ1) is 19.4. The third-order valence-electron chi connectivity index (χ3n) is 1.25. The van der Waals surface area contributed by atoms with Gasteiger partial charge in [0.25, 0.3) is 0 Å². The second-order valence-corrected chi connectivity index (χ2v) is 2.42. The van der Waals surface area contributed by atoms with Gasteiger partial charge in [0.2, 0.25) is 0 Å². The number of aliphatic hydroxyl groups is 1. The van der Waals surface area contributed by atoms with Gasteiger partial charge in [0.05, 0.1) is 5.97 Å². The van der Waals surface area contributed by atoms with Crippen molar-refractivity contribution in [1.29, 1.82) is 0 Å². The average molecular weight is 271 g/mol. The summed E-state index contributed by atoms with van der Waals surface area (Å²) >= 11 is 0. The van der Waals surface area contributed by atoms with E-state index in [9.17, 15) is 29.7 Å². The molecule has 0 aliphatic heterocycles. The first-order chi connectivity index (χ1) is 5.78. The molecule has 0 spiro atoms. The summed E-state index contributed by atoms with van der Waals surface area (Å²) in [6.45, 7) is 0. The SMILES string of the molecule is O.O=C([O-])CC(O)(CC(=O)[O-])C(=O)[O-].[Cu+3]. The number of hydrogen-bond acceptors (Lipinski definition) is 7. The molecule has 0 bridgehead atoms. The molecule has 15 heavy (non-hydrogen) atoms. The van der Waals surface area contributed by atoms with Crippen LogP contribution in [-0.2, 0) is 31.5 Å². The summed E-state index contributed by atoms with van der Waals surface area (Å²) in [5.41, 5.74) is -2.97. The standard InChI is InChI=1S/C6H8O7.Cu.H2O/c7-3(8)1-6(13,5(11)12)2-4(9)10;;/h13H,1-2H2,(H,7,8)(H,9,10)(H,11,12);;1H2/q;+3;/p-3. The average Bonchev–Trinajstić information content (AvgIpc) is 1.82. The molecular formula is C6H7CuO8. The van der Waals surface area contributed by atoms with Crippen molar-refractivity contribution in [2.75, 3.05) is 0 Å². The molecule has 0 saturated heterocycles. The van der Waals surface area contributed by atoms with E-state index >= 15 is 0 Å². The predicted molar refractivity (Wildman–Crippen MR) is 32.8 cm³/mol.